The molecule has 7 heteroatoms. The number of nitrogens with one attached hydrogen (secondary N) is 1. The van der Waals surface area contributed by atoms with Gasteiger partial charge in [0.1, 0.15) is 30.8 Å². The number of hydrogen-bond acceptors (Lipinski definition) is 5. The number of aliphatic carboxylic acids is 1. The summed E-state index contributed by atoms with van der Waals surface area (Å²) >= 11 is 7.64. The first-order valence-corrected chi connectivity index (χ1v) is 11.1. The number of ether oxygens (including phenoxy) is 2. The van der Waals surface area contributed by atoms with E-state index in [1.54, 1.807) is 11.8 Å². The van der Waals surface area contributed by atoms with Gasteiger partial charge in [-0.2, -0.15) is 0 Å². The minimum absolute atomic E-state index is 0.146. The Balaban J connectivity index is 1.50. The predicted molar refractivity (Wildman–Crippen MR) is 121 cm³/mol. The Labute approximate surface area is 184 Å². The highest BCUT2D eigenvalue weighted by Gasteiger charge is 2.33. The number of fused-ring (bicyclic) bond motifs is 1. The highest BCUT2D eigenvalue weighted by atomic mass is 35.5. The summed E-state index contributed by atoms with van der Waals surface area (Å²) in [5, 5.41) is 15.3. The molecule has 2 atom stereocenters. The predicted octanol–water partition coefficient (Wildman–Crippen LogP) is 5.05. The van der Waals surface area contributed by atoms with E-state index in [2.05, 4.69) is 5.32 Å². The molecule has 2 unspecified atom stereocenters. The molecule has 0 amide bonds. The number of halogens is 1. The zero-order chi connectivity index (χ0) is 21.1. The molecule has 0 bridgehead atoms. The van der Waals surface area contributed by atoms with Crippen LogP contribution in [0.5, 0.6) is 11.5 Å². The lowest BCUT2D eigenvalue weighted by Crippen LogP contribution is -2.33. The number of benzene rings is 3. The van der Waals surface area contributed by atoms with E-state index in [4.69, 9.17) is 21.1 Å². The van der Waals surface area contributed by atoms with Gasteiger partial charge in [-0.1, -0.05) is 41.9 Å². The Morgan fingerprint density at radius 3 is 2.73 bits per heavy atom. The summed E-state index contributed by atoms with van der Waals surface area (Å²) < 4.78 is 11.9. The van der Waals surface area contributed by atoms with Crippen molar-refractivity contribution in [1.29, 1.82) is 0 Å². The SMILES string of the molecule is Cc1cc(OCCOc2ccc3ccccc3c2C2NC(C(=O)O)CS2)ccc1Cl. The smallest absolute Gasteiger partial charge is 0.321 e. The Morgan fingerprint density at radius 1 is 1.17 bits per heavy atom. The largest absolute Gasteiger partial charge is 0.490 e. The van der Waals surface area contributed by atoms with Crippen molar-refractivity contribution in [2.75, 3.05) is 19.0 Å². The maximum Gasteiger partial charge on any atom is 0.321 e. The number of thioether (sulfide) groups is 1. The Bertz CT molecular complexity index is 1070. The van der Waals surface area contributed by atoms with E-state index in [0.29, 0.717) is 24.0 Å². The zero-order valence-electron chi connectivity index (χ0n) is 16.4. The fourth-order valence-corrected chi connectivity index (χ4v) is 4.88. The van der Waals surface area contributed by atoms with Crippen LogP contribution in [0.25, 0.3) is 10.8 Å². The van der Waals surface area contributed by atoms with Gasteiger partial charge in [-0.05, 0) is 47.5 Å². The summed E-state index contributed by atoms with van der Waals surface area (Å²) in [7, 11) is 0. The van der Waals surface area contributed by atoms with E-state index in [0.717, 1.165) is 33.4 Å². The van der Waals surface area contributed by atoms with Gasteiger partial charge in [0.05, 0.1) is 5.37 Å². The van der Waals surface area contributed by atoms with E-state index in [-0.39, 0.29) is 5.37 Å². The Kier molecular flexibility index (Phi) is 6.37. The molecule has 4 rings (SSSR count). The summed E-state index contributed by atoms with van der Waals surface area (Å²) in [6.45, 7) is 2.69. The molecule has 1 fully saturated rings. The molecule has 3 aromatic carbocycles. The third kappa shape index (κ3) is 4.51. The first-order chi connectivity index (χ1) is 14.5. The number of carboxylic acid groups (broad SMARTS) is 1. The standard InChI is InChI=1S/C23H22ClNO4S/c1-14-12-16(7-8-18(14)24)28-10-11-29-20-9-6-15-4-2-3-5-17(15)21(20)22-25-19(13-30-22)23(26)27/h2-9,12,19,22,25H,10-11,13H2,1H3,(H,26,27). The summed E-state index contributed by atoms with van der Waals surface area (Å²) in [5.41, 5.74) is 1.94. The van der Waals surface area contributed by atoms with E-state index < -0.39 is 12.0 Å². The third-order valence-electron chi connectivity index (χ3n) is 5.01. The molecule has 0 aromatic heterocycles. The molecule has 0 spiro atoms. The second-order valence-corrected chi connectivity index (χ2v) is 8.62. The van der Waals surface area contributed by atoms with Crippen molar-refractivity contribution in [2.45, 2.75) is 18.3 Å². The van der Waals surface area contributed by atoms with Crippen LogP contribution in [0.2, 0.25) is 5.02 Å². The average molecular weight is 444 g/mol. The highest BCUT2D eigenvalue weighted by molar-refractivity contribution is 7.99. The lowest BCUT2D eigenvalue weighted by Gasteiger charge is -2.19. The van der Waals surface area contributed by atoms with Crippen LogP contribution in [0.4, 0.5) is 0 Å². The molecule has 2 N–H and O–H groups in total. The van der Waals surface area contributed by atoms with Crippen molar-refractivity contribution in [3.63, 3.8) is 0 Å². The minimum atomic E-state index is -0.834. The van der Waals surface area contributed by atoms with Crippen LogP contribution >= 0.6 is 23.4 Å². The lowest BCUT2D eigenvalue weighted by atomic mass is 10.0. The Morgan fingerprint density at radius 2 is 1.97 bits per heavy atom. The van der Waals surface area contributed by atoms with E-state index in [1.165, 1.54) is 0 Å². The molecule has 1 aliphatic heterocycles. The second-order valence-electron chi connectivity index (χ2n) is 7.08. The van der Waals surface area contributed by atoms with E-state index in [1.807, 2.05) is 61.5 Å². The maximum atomic E-state index is 11.4. The van der Waals surface area contributed by atoms with Crippen molar-refractivity contribution in [3.8, 4) is 11.5 Å². The van der Waals surface area contributed by atoms with Gasteiger partial charge in [-0.15, -0.1) is 11.8 Å². The summed E-state index contributed by atoms with van der Waals surface area (Å²) in [6.07, 6.45) is 0. The monoisotopic (exact) mass is 443 g/mol. The van der Waals surface area contributed by atoms with Crippen LogP contribution < -0.4 is 14.8 Å². The topological polar surface area (TPSA) is 67.8 Å². The highest BCUT2D eigenvalue weighted by Crippen LogP contribution is 2.41. The third-order valence-corrected chi connectivity index (χ3v) is 6.67. The average Bonchev–Trinajstić information content (AvgIpc) is 3.23. The van der Waals surface area contributed by atoms with Gasteiger partial charge in [0.2, 0.25) is 0 Å². The van der Waals surface area contributed by atoms with Crippen LogP contribution in [-0.4, -0.2) is 36.1 Å². The van der Waals surface area contributed by atoms with Gasteiger partial charge in [0, 0.05) is 16.3 Å². The molecule has 0 radical (unpaired) electrons. The van der Waals surface area contributed by atoms with Crippen LogP contribution in [-0.2, 0) is 4.79 Å². The molecule has 3 aromatic rings. The maximum absolute atomic E-state index is 11.4. The van der Waals surface area contributed by atoms with Gasteiger partial charge in [0.15, 0.2) is 0 Å². The van der Waals surface area contributed by atoms with Crippen LogP contribution in [0.15, 0.2) is 54.6 Å². The Hall–Kier alpha value is -2.41. The van der Waals surface area contributed by atoms with Gasteiger partial charge >= 0.3 is 5.97 Å². The molecule has 1 aliphatic rings. The fourth-order valence-electron chi connectivity index (χ4n) is 3.47. The normalized spacial score (nSPS) is 18.5. The van der Waals surface area contributed by atoms with Gasteiger partial charge in [-0.25, -0.2) is 0 Å². The van der Waals surface area contributed by atoms with Gasteiger partial charge in [0.25, 0.3) is 0 Å². The first kappa shape index (κ1) is 20.8. The van der Waals surface area contributed by atoms with Crippen molar-refractivity contribution < 1.29 is 19.4 Å². The van der Waals surface area contributed by atoms with E-state index in [9.17, 15) is 9.90 Å². The number of aryl methyl sites for hydroxylation is 1. The molecular formula is C23H22ClNO4S. The quantitative estimate of drug-likeness (QED) is 0.498. The van der Waals surface area contributed by atoms with Crippen molar-refractivity contribution in [3.05, 3.63) is 70.7 Å². The summed E-state index contributed by atoms with van der Waals surface area (Å²) in [6, 6.07) is 17.0. The minimum Gasteiger partial charge on any atom is -0.490 e. The fraction of sp³-hybridized carbons (Fsp3) is 0.261. The van der Waals surface area contributed by atoms with Crippen LogP contribution in [0.3, 0.4) is 0 Å². The molecule has 30 heavy (non-hydrogen) atoms. The molecule has 1 saturated heterocycles. The first-order valence-electron chi connectivity index (χ1n) is 9.67. The summed E-state index contributed by atoms with van der Waals surface area (Å²) in [5.74, 6) is 1.17. The van der Waals surface area contributed by atoms with Crippen LogP contribution in [0, 0.1) is 6.92 Å². The van der Waals surface area contributed by atoms with Crippen LogP contribution in [0.1, 0.15) is 16.5 Å². The molecule has 0 aliphatic carbocycles. The molecule has 0 saturated carbocycles. The van der Waals surface area contributed by atoms with Crippen molar-refractivity contribution >= 4 is 40.1 Å². The lowest BCUT2D eigenvalue weighted by molar-refractivity contribution is -0.138. The van der Waals surface area contributed by atoms with Gasteiger partial charge < -0.3 is 14.6 Å². The number of rotatable bonds is 7. The number of hydrogen-bond donors (Lipinski definition) is 2. The molecule has 156 valence electrons. The molecule has 1 heterocycles. The second kappa shape index (κ2) is 9.16. The summed E-state index contributed by atoms with van der Waals surface area (Å²) in [4.78, 5) is 11.4. The van der Waals surface area contributed by atoms with Crippen molar-refractivity contribution in [2.24, 2.45) is 0 Å². The van der Waals surface area contributed by atoms with E-state index >= 15 is 0 Å². The zero-order valence-corrected chi connectivity index (χ0v) is 18.0. The molecular weight excluding hydrogens is 422 g/mol. The molecule has 5 nitrogen and oxygen atoms in total. The number of carbonyl (C=O) groups is 1. The number of carboxylic acids is 1. The van der Waals surface area contributed by atoms with Gasteiger partial charge in [-0.3, -0.25) is 10.1 Å². The van der Waals surface area contributed by atoms with Crippen molar-refractivity contribution in [1.82, 2.24) is 5.32 Å².